The van der Waals surface area contributed by atoms with E-state index in [1.54, 1.807) is 31.4 Å². The van der Waals surface area contributed by atoms with E-state index >= 15 is 0 Å². The summed E-state index contributed by atoms with van der Waals surface area (Å²) < 4.78 is 24.9. The maximum absolute atomic E-state index is 13.5. The topological polar surface area (TPSA) is 38.7 Å². The Morgan fingerprint density at radius 1 is 1.21 bits per heavy atom. The third kappa shape index (κ3) is 3.05. The van der Waals surface area contributed by atoms with Gasteiger partial charge in [-0.3, -0.25) is 0 Å². The summed E-state index contributed by atoms with van der Waals surface area (Å²) >= 11 is 3.35. The predicted octanol–water partition coefficient (Wildman–Crippen LogP) is 3.88. The van der Waals surface area contributed by atoms with E-state index in [-0.39, 0.29) is 11.3 Å². The molecule has 100 valence electrons. The summed E-state index contributed by atoms with van der Waals surface area (Å²) in [6.45, 7) is -0.421. The Morgan fingerprint density at radius 2 is 2.00 bits per heavy atom. The summed E-state index contributed by atoms with van der Waals surface area (Å²) in [5, 5.41) is 9.18. The molecule has 0 saturated carbocycles. The van der Waals surface area contributed by atoms with Crippen LogP contribution in [0.4, 0.5) is 4.39 Å². The van der Waals surface area contributed by atoms with Crippen molar-refractivity contribution in [2.75, 3.05) is 7.11 Å². The van der Waals surface area contributed by atoms with Gasteiger partial charge in [-0.1, -0.05) is 6.07 Å². The molecule has 0 radical (unpaired) electrons. The van der Waals surface area contributed by atoms with Crippen LogP contribution in [0, 0.1) is 5.82 Å². The first-order valence-electron chi connectivity index (χ1n) is 5.55. The van der Waals surface area contributed by atoms with Crippen molar-refractivity contribution in [2.45, 2.75) is 6.61 Å². The highest BCUT2D eigenvalue weighted by Crippen LogP contribution is 2.34. The molecular weight excluding hydrogens is 315 g/mol. The molecule has 2 aromatic rings. The maximum atomic E-state index is 13.5. The molecule has 0 unspecified atom stereocenters. The van der Waals surface area contributed by atoms with E-state index in [0.717, 1.165) is 0 Å². The van der Waals surface area contributed by atoms with Crippen molar-refractivity contribution in [3.63, 3.8) is 0 Å². The lowest BCUT2D eigenvalue weighted by atomic mass is 10.2. The van der Waals surface area contributed by atoms with Crippen LogP contribution in [0.25, 0.3) is 0 Å². The summed E-state index contributed by atoms with van der Waals surface area (Å²) in [4.78, 5) is 0. The number of hydrogen-bond donors (Lipinski definition) is 1. The largest absolute Gasteiger partial charge is 0.497 e. The van der Waals surface area contributed by atoms with Gasteiger partial charge in [0.15, 0.2) is 0 Å². The minimum atomic E-state index is -0.496. The fourth-order valence-corrected chi connectivity index (χ4v) is 2.04. The van der Waals surface area contributed by atoms with Crippen molar-refractivity contribution in [3.8, 4) is 17.2 Å². The van der Waals surface area contributed by atoms with Gasteiger partial charge in [0.2, 0.25) is 0 Å². The molecule has 0 aromatic heterocycles. The molecule has 5 heteroatoms. The lowest BCUT2D eigenvalue weighted by molar-refractivity contribution is 0.269. The van der Waals surface area contributed by atoms with Crippen LogP contribution in [0.5, 0.6) is 17.2 Å². The molecule has 19 heavy (non-hydrogen) atoms. The van der Waals surface area contributed by atoms with Crippen LogP contribution in [-0.2, 0) is 6.61 Å². The Balaban J connectivity index is 2.34. The first kappa shape index (κ1) is 13.8. The van der Waals surface area contributed by atoms with Crippen molar-refractivity contribution in [1.29, 1.82) is 0 Å². The van der Waals surface area contributed by atoms with Gasteiger partial charge < -0.3 is 14.6 Å². The monoisotopic (exact) mass is 326 g/mol. The van der Waals surface area contributed by atoms with Crippen molar-refractivity contribution in [2.24, 2.45) is 0 Å². The highest BCUT2D eigenvalue weighted by atomic mass is 79.9. The number of rotatable bonds is 4. The van der Waals surface area contributed by atoms with E-state index in [0.29, 0.717) is 16.0 Å². The molecule has 0 amide bonds. The van der Waals surface area contributed by atoms with Crippen LogP contribution >= 0.6 is 15.9 Å². The van der Waals surface area contributed by atoms with E-state index in [4.69, 9.17) is 9.47 Å². The van der Waals surface area contributed by atoms with Crippen LogP contribution in [0.15, 0.2) is 40.9 Å². The van der Waals surface area contributed by atoms with Gasteiger partial charge in [0.25, 0.3) is 0 Å². The average Bonchev–Trinajstić information content (AvgIpc) is 2.41. The molecule has 0 aliphatic heterocycles. The molecule has 0 fully saturated rings. The van der Waals surface area contributed by atoms with Crippen molar-refractivity contribution in [1.82, 2.24) is 0 Å². The molecule has 0 spiro atoms. The molecule has 2 rings (SSSR count). The summed E-state index contributed by atoms with van der Waals surface area (Å²) in [5.41, 5.74) is 0.130. The molecule has 2 aromatic carbocycles. The standard InChI is InChI=1S/C14H12BrFO3/c1-18-9-5-6-14(11(15)7-9)19-13-4-2-3-12(16)10(13)8-17/h2-7,17H,8H2,1H3. The maximum Gasteiger partial charge on any atom is 0.141 e. The number of halogens is 2. The zero-order chi connectivity index (χ0) is 13.8. The second-order valence-electron chi connectivity index (χ2n) is 3.77. The summed E-state index contributed by atoms with van der Waals surface area (Å²) in [5.74, 6) is 0.986. The number of methoxy groups -OCH3 is 1. The third-order valence-electron chi connectivity index (χ3n) is 2.59. The lowest BCUT2D eigenvalue weighted by Crippen LogP contribution is -1.96. The second-order valence-corrected chi connectivity index (χ2v) is 4.63. The van der Waals surface area contributed by atoms with Gasteiger partial charge in [-0.25, -0.2) is 4.39 Å². The van der Waals surface area contributed by atoms with Crippen LogP contribution in [0.3, 0.4) is 0 Å². The predicted molar refractivity (Wildman–Crippen MR) is 73.1 cm³/mol. The number of aliphatic hydroxyl groups excluding tert-OH is 1. The first-order chi connectivity index (χ1) is 9.15. The number of hydrogen-bond acceptors (Lipinski definition) is 3. The summed E-state index contributed by atoms with van der Waals surface area (Å²) in [7, 11) is 1.57. The minimum absolute atomic E-state index is 0.130. The molecule has 0 atom stereocenters. The van der Waals surface area contributed by atoms with E-state index < -0.39 is 12.4 Å². The first-order valence-corrected chi connectivity index (χ1v) is 6.34. The van der Waals surface area contributed by atoms with Gasteiger partial charge in [0.05, 0.1) is 23.8 Å². The molecule has 0 saturated heterocycles. The minimum Gasteiger partial charge on any atom is -0.497 e. The van der Waals surface area contributed by atoms with Crippen molar-refractivity contribution < 1.29 is 19.0 Å². The fourth-order valence-electron chi connectivity index (χ4n) is 1.60. The molecule has 0 bridgehead atoms. The van der Waals surface area contributed by atoms with Crippen LogP contribution in [0.1, 0.15) is 5.56 Å². The molecular formula is C14H12BrFO3. The molecule has 1 N–H and O–H groups in total. The molecule has 0 aliphatic rings. The Labute approximate surface area is 118 Å². The quantitative estimate of drug-likeness (QED) is 0.926. The van der Waals surface area contributed by atoms with Gasteiger partial charge >= 0.3 is 0 Å². The van der Waals surface area contributed by atoms with E-state index in [9.17, 15) is 9.50 Å². The van der Waals surface area contributed by atoms with Gasteiger partial charge in [0.1, 0.15) is 23.1 Å². The zero-order valence-electron chi connectivity index (χ0n) is 10.2. The Morgan fingerprint density at radius 3 is 2.63 bits per heavy atom. The highest BCUT2D eigenvalue weighted by molar-refractivity contribution is 9.10. The van der Waals surface area contributed by atoms with E-state index in [2.05, 4.69) is 15.9 Å². The summed E-state index contributed by atoms with van der Waals surface area (Å²) in [6.07, 6.45) is 0. The SMILES string of the molecule is COc1ccc(Oc2cccc(F)c2CO)c(Br)c1. The second kappa shape index (κ2) is 6.04. The Bertz CT molecular complexity index is 587. The normalized spacial score (nSPS) is 10.3. The van der Waals surface area contributed by atoms with Crippen LogP contribution in [0.2, 0.25) is 0 Å². The highest BCUT2D eigenvalue weighted by Gasteiger charge is 2.11. The zero-order valence-corrected chi connectivity index (χ0v) is 11.8. The van der Waals surface area contributed by atoms with E-state index in [1.807, 2.05) is 0 Å². The Kier molecular flexibility index (Phi) is 4.39. The molecule has 3 nitrogen and oxygen atoms in total. The summed E-state index contributed by atoms with van der Waals surface area (Å²) in [6, 6.07) is 9.59. The van der Waals surface area contributed by atoms with E-state index in [1.165, 1.54) is 12.1 Å². The van der Waals surface area contributed by atoms with Gasteiger partial charge in [0, 0.05) is 0 Å². The van der Waals surface area contributed by atoms with Gasteiger partial charge in [-0.05, 0) is 46.3 Å². The lowest BCUT2D eigenvalue weighted by Gasteiger charge is -2.12. The number of aliphatic hydroxyl groups is 1. The third-order valence-corrected chi connectivity index (χ3v) is 3.21. The van der Waals surface area contributed by atoms with Crippen LogP contribution in [-0.4, -0.2) is 12.2 Å². The van der Waals surface area contributed by atoms with Gasteiger partial charge in [-0.15, -0.1) is 0 Å². The average molecular weight is 327 g/mol. The van der Waals surface area contributed by atoms with Crippen molar-refractivity contribution in [3.05, 3.63) is 52.3 Å². The number of ether oxygens (including phenoxy) is 2. The number of benzene rings is 2. The smallest absolute Gasteiger partial charge is 0.141 e. The van der Waals surface area contributed by atoms with Crippen molar-refractivity contribution >= 4 is 15.9 Å². The Hall–Kier alpha value is -1.59. The van der Waals surface area contributed by atoms with Crippen LogP contribution < -0.4 is 9.47 Å². The fraction of sp³-hybridized carbons (Fsp3) is 0.143. The van der Waals surface area contributed by atoms with Gasteiger partial charge in [-0.2, -0.15) is 0 Å². The molecule has 0 heterocycles. The molecule has 0 aliphatic carbocycles.